The lowest BCUT2D eigenvalue weighted by Crippen LogP contribution is -2.55. The first kappa shape index (κ1) is 47.3. The molecule has 0 fully saturated rings. The summed E-state index contributed by atoms with van der Waals surface area (Å²) in [7, 11) is 5.38. The smallest absolute Gasteiger partial charge is 0.306 e. The summed E-state index contributed by atoms with van der Waals surface area (Å²) in [5.41, 5.74) is 0. The van der Waals surface area contributed by atoms with Gasteiger partial charge in [0.25, 0.3) is 0 Å². The minimum absolute atomic E-state index is 0.0259. The SMILES string of the molecule is CC/C=C/C/C=C/C/C=C/CCCCCCCCCCCC(=O)OC(COCCC(C(=O)[O-])[N+](C)(C)C)COC(=O)CC/C=C/CCCCC. The molecule has 0 aliphatic rings. The highest BCUT2D eigenvalue weighted by Crippen LogP contribution is 2.13. The Morgan fingerprint density at radius 2 is 1.16 bits per heavy atom. The Labute approximate surface area is 306 Å². The lowest BCUT2D eigenvalue weighted by Gasteiger charge is -2.34. The standard InChI is InChI=1S/C42H73NO7/c1-6-8-10-12-14-15-16-17-18-19-20-21-22-23-24-25-27-29-31-33-41(45)50-38(36-48-35-34-39(42(46)47)43(3,4)5)37-49-40(44)32-30-28-26-13-11-9-7-2/h8,10,14-15,17-18,26,28,38-39H,6-7,9,11-13,16,19-25,27,29-37H2,1-5H3/b10-8+,15-14+,18-17+,28-26+. The van der Waals surface area contributed by atoms with E-state index in [1.807, 2.05) is 6.08 Å². The molecule has 0 aromatic carbocycles. The van der Waals surface area contributed by atoms with Crippen LogP contribution in [0.1, 0.15) is 149 Å². The first-order valence-corrected chi connectivity index (χ1v) is 19.7. The summed E-state index contributed by atoms with van der Waals surface area (Å²) in [5, 5.41) is 11.6. The zero-order valence-corrected chi connectivity index (χ0v) is 32.5. The second-order valence-electron chi connectivity index (χ2n) is 14.1. The van der Waals surface area contributed by atoms with E-state index in [0.717, 1.165) is 57.8 Å². The van der Waals surface area contributed by atoms with Gasteiger partial charge in [0.15, 0.2) is 6.10 Å². The van der Waals surface area contributed by atoms with Gasteiger partial charge in [0.1, 0.15) is 12.6 Å². The maximum Gasteiger partial charge on any atom is 0.306 e. The summed E-state index contributed by atoms with van der Waals surface area (Å²) in [4.78, 5) is 36.5. The van der Waals surface area contributed by atoms with Gasteiger partial charge >= 0.3 is 11.9 Å². The molecule has 0 spiro atoms. The third-order valence-corrected chi connectivity index (χ3v) is 8.46. The fourth-order valence-corrected chi connectivity index (χ4v) is 5.39. The largest absolute Gasteiger partial charge is 0.544 e. The van der Waals surface area contributed by atoms with Crippen molar-refractivity contribution < 1.29 is 38.2 Å². The molecule has 2 unspecified atom stereocenters. The molecular weight excluding hydrogens is 630 g/mol. The first-order valence-electron chi connectivity index (χ1n) is 19.7. The van der Waals surface area contributed by atoms with Crippen molar-refractivity contribution in [3.8, 4) is 0 Å². The molecule has 0 aliphatic heterocycles. The number of aliphatic carboxylic acids is 1. The van der Waals surface area contributed by atoms with E-state index in [0.29, 0.717) is 12.8 Å². The Morgan fingerprint density at radius 1 is 0.620 bits per heavy atom. The number of rotatable bonds is 34. The number of carboxylic acids is 1. The topological polar surface area (TPSA) is 102 Å². The summed E-state index contributed by atoms with van der Waals surface area (Å²) in [5.74, 6) is -1.82. The highest BCUT2D eigenvalue weighted by Gasteiger charge is 2.25. The molecular formula is C42H73NO7. The summed E-state index contributed by atoms with van der Waals surface area (Å²) in [6, 6.07) is -0.729. The van der Waals surface area contributed by atoms with E-state index in [2.05, 4.69) is 56.4 Å². The van der Waals surface area contributed by atoms with Gasteiger partial charge in [-0.15, -0.1) is 0 Å². The molecule has 0 rings (SSSR count). The Kier molecular flexibility index (Phi) is 31.6. The third kappa shape index (κ3) is 31.3. The average molecular weight is 704 g/mol. The van der Waals surface area contributed by atoms with Gasteiger partial charge in [0.05, 0.1) is 40.3 Å². The number of quaternary nitrogens is 1. The van der Waals surface area contributed by atoms with Gasteiger partial charge < -0.3 is 28.6 Å². The lowest BCUT2D eigenvalue weighted by atomic mass is 10.1. The number of carboxylic acid groups (broad SMARTS) is 1. The van der Waals surface area contributed by atoms with Crippen molar-refractivity contribution in [1.82, 2.24) is 0 Å². The number of unbranched alkanes of at least 4 members (excludes halogenated alkanes) is 12. The number of ether oxygens (including phenoxy) is 3. The summed E-state index contributed by atoms with van der Waals surface area (Å²) in [6.45, 7) is 4.42. The van der Waals surface area contributed by atoms with Crippen molar-refractivity contribution in [2.45, 2.75) is 161 Å². The van der Waals surface area contributed by atoms with E-state index in [-0.39, 0.29) is 49.1 Å². The van der Waals surface area contributed by atoms with Crippen molar-refractivity contribution in [2.24, 2.45) is 0 Å². The molecule has 0 saturated carbocycles. The molecule has 2 atom stereocenters. The molecule has 8 nitrogen and oxygen atoms in total. The molecule has 288 valence electrons. The summed E-state index contributed by atoms with van der Waals surface area (Å²) < 4.78 is 17.0. The van der Waals surface area contributed by atoms with Crippen LogP contribution < -0.4 is 5.11 Å². The number of esters is 2. The molecule has 0 amide bonds. The number of hydrogen-bond acceptors (Lipinski definition) is 7. The van der Waals surface area contributed by atoms with Crippen LogP contribution in [0, 0.1) is 0 Å². The maximum atomic E-state index is 12.6. The number of nitrogens with zero attached hydrogens (tertiary/aromatic N) is 1. The van der Waals surface area contributed by atoms with Crippen molar-refractivity contribution in [3.05, 3.63) is 48.6 Å². The molecule has 0 aromatic rings. The van der Waals surface area contributed by atoms with E-state index >= 15 is 0 Å². The molecule has 0 aromatic heterocycles. The van der Waals surface area contributed by atoms with Crippen LogP contribution in [-0.2, 0) is 28.6 Å². The molecule has 0 saturated heterocycles. The van der Waals surface area contributed by atoms with Crippen LogP contribution in [0.3, 0.4) is 0 Å². The van der Waals surface area contributed by atoms with Crippen molar-refractivity contribution in [1.29, 1.82) is 0 Å². The Morgan fingerprint density at radius 3 is 1.76 bits per heavy atom. The van der Waals surface area contributed by atoms with Crippen LogP contribution in [0.25, 0.3) is 0 Å². The normalized spacial score (nSPS) is 13.5. The Balaban J connectivity index is 4.32. The van der Waals surface area contributed by atoms with Crippen LogP contribution in [0.2, 0.25) is 0 Å². The van der Waals surface area contributed by atoms with Gasteiger partial charge in [-0.25, -0.2) is 0 Å². The van der Waals surface area contributed by atoms with Crippen LogP contribution >= 0.6 is 0 Å². The lowest BCUT2D eigenvalue weighted by molar-refractivity contribution is -0.889. The van der Waals surface area contributed by atoms with Gasteiger partial charge in [0, 0.05) is 19.3 Å². The van der Waals surface area contributed by atoms with Gasteiger partial charge in [-0.05, 0) is 57.8 Å². The predicted molar refractivity (Wildman–Crippen MR) is 203 cm³/mol. The van der Waals surface area contributed by atoms with Crippen LogP contribution in [0.5, 0.6) is 0 Å². The molecule has 8 heteroatoms. The van der Waals surface area contributed by atoms with Crippen molar-refractivity contribution >= 4 is 17.9 Å². The molecule has 0 aliphatic carbocycles. The van der Waals surface area contributed by atoms with Crippen LogP contribution in [0.4, 0.5) is 0 Å². The quantitative estimate of drug-likeness (QED) is 0.0286. The number of likely N-dealkylation sites (N-methyl/N-ethyl adjacent to an activating group) is 1. The highest BCUT2D eigenvalue weighted by molar-refractivity contribution is 5.70. The number of allylic oxidation sites excluding steroid dienone is 8. The number of carbonyl (C=O) groups is 3. The van der Waals surface area contributed by atoms with Gasteiger partial charge in [-0.1, -0.05) is 120 Å². The molecule has 50 heavy (non-hydrogen) atoms. The predicted octanol–water partition coefficient (Wildman–Crippen LogP) is 8.74. The highest BCUT2D eigenvalue weighted by atomic mass is 16.6. The fourth-order valence-electron chi connectivity index (χ4n) is 5.39. The molecule has 0 bridgehead atoms. The zero-order chi connectivity index (χ0) is 37.1. The van der Waals surface area contributed by atoms with Gasteiger partial charge in [-0.2, -0.15) is 0 Å². The third-order valence-electron chi connectivity index (χ3n) is 8.46. The van der Waals surface area contributed by atoms with Crippen molar-refractivity contribution in [2.75, 3.05) is 41.0 Å². The Hall–Kier alpha value is -2.71. The van der Waals surface area contributed by atoms with E-state index in [9.17, 15) is 19.5 Å². The van der Waals surface area contributed by atoms with Gasteiger partial charge in [-0.3, -0.25) is 9.59 Å². The fraction of sp³-hybridized carbons (Fsp3) is 0.738. The van der Waals surface area contributed by atoms with E-state index in [4.69, 9.17) is 14.2 Å². The van der Waals surface area contributed by atoms with Crippen LogP contribution in [-0.4, -0.2) is 75.5 Å². The number of carbonyl (C=O) groups excluding carboxylic acids is 3. The molecule has 0 N–H and O–H groups in total. The van der Waals surface area contributed by atoms with E-state index < -0.39 is 18.1 Å². The van der Waals surface area contributed by atoms with E-state index in [1.54, 1.807) is 21.1 Å². The zero-order valence-electron chi connectivity index (χ0n) is 32.5. The number of hydrogen-bond donors (Lipinski definition) is 0. The van der Waals surface area contributed by atoms with Crippen molar-refractivity contribution in [3.63, 3.8) is 0 Å². The summed E-state index contributed by atoms with van der Waals surface area (Å²) >= 11 is 0. The summed E-state index contributed by atoms with van der Waals surface area (Å²) in [6.07, 6.45) is 37.4. The first-order chi connectivity index (χ1) is 24.1. The molecule has 0 radical (unpaired) electrons. The second-order valence-corrected chi connectivity index (χ2v) is 14.1. The second kappa shape index (κ2) is 33.4. The maximum absolute atomic E-state index is 12.6. The van der Waals surface area contributed by atoms with Crippen LogP contribution in [0.15, 0.2) is 48.6 Å². The van der Waals surface area contributed by atoms with E-state index in [1.165, 1.54) is 51.4 Å². The monoisotopic (exact) mass is 704 g/mol. The minimum Gasteiger partial charge on any atom is -0.544 e. The Bertz CT molecular complexity index is 964. The minimum atomic E-state index is -1.13. The average Bonchev–Trinajstić information content (AvgIpc) is 3.06. The van der Waals surface area contributed by atoms with Gasteiger partial charge in [0.2, 0.25) is 0 Å². The molecule has 0 heterocycles.